The number of allylic oxidation sites excluding steroid dienone is 2. The molecule has 1 aliphatic rings. The van der Waals surface area contributed by atoms with Crippen molar-refractivity contribution < 1.29 is 5.11 Å². The second kappa shape index (κ2) is 5.23. The third-order valence-corrected chi connectivity index (χ3v) is 4.01. The molecule has 0 radical (unpaired) electrons. The average Bonchev–Trinajstić information content (AvgIpc) is 2.57. The molecule has 1 heterocycles. The fraction of sp³-hybridized carbons (Fsp3) is 0.615. The minimum Gasteiger partial charge on any atom is -0.392 e. The number of rotatable bonds is 3. The van der Waals surface area contributed by atoms with E-state index in [9.17, 15) is 5.11 Å². The Balaban J connectivity index is 2.07. The van der Waals surface area contributed by atoms with Crippen LogP contribution in [-0.4, -0.2) is 21.0 Å². The summed E-state index contributed by atoms with van der Waals surface area (Å²) in [6.07, 6.45) is 7.74. The van der Waals surface area contributed by atoms with E-state index in [1.165, 1.54) is 0 Å². The zero-order chi connectivity index (χ0) is 12.4. The first-order valence-corrected chi connectivity index (χ1v) is 6.48. The van der Waals surface area contributed by atoms with E-state index in [4.69, 9.17) is 11.6 Å². The molecule has 1 aromatic rings. The van der Waals surface area contributed by atoms with Gasteiger partial charge in [0.1, 0.15) is 5.15 Å². The number of hydrogen-bond acceptors (Lipinski definition) is 2. The second-order valence-electron chi connectivity index (χ2n) is 4.79. The van der Waals surface area contributed by atoms with Crippen molar-refractivity contribution >= 4 is 11.6 Å². The quantitative estimate of drug-likeness (QED) is 0.843. The number of aliphatic hydroxyl groups is 1. The first-order valence-electron chi connectivity index (χ1n) is 6.10. The molecule has 0 saturated heterocycles. The van der Waals surface area contributed by atoms with E-state index in [2.05, 4.69) is 17.3 Å². The summed E-state index contributed by atoms with van der Waals surface area (Å²) in [5, 5.41) is 15.2. The standard InChI is InChI=1S/C13H19ClN2O/c1-9-11(13(14)16(2)15-9)8-12(17)10-6-4-3-5-7-10/h3-4,10,12,17H,5-8H2,1-2H3. The van der Waals surface area contributed by atoms with Gasteiger partial charge in [0, 0.05) is 19.0 Å². The highest BCUT2D eigenvalue weighted by molar-refractivity contribution is 6.30. The molecule has 2 unspecified atom stereocenters. The highest BCUT2D eigenvalue weighted by atomic mass is 35.5. The summed E-state index contributed by atoms with van der Waals surface area (Å²) >= 11 is 6.17. The lowest BCUT2D eigenvalue weighted by molar-refractivity contribution is 0.102. The van der Waals surface area contributed by atoms with Crippen molar-refractivity contribution in [3.8, 4) is 0 Å². The van der Waals surface area contributed by atoms with Crippen molar-refractivity contribution in [1.29, 1.82) is 0 Å². The molecule has 4 heteroatoms. The van der Waals surface area contributed by atoms with E-state index in [0.29, 0.717) is 17.5 Å². The highest BCUT2D eigenvalue weighted by Crippen LogP contribution is 2.27. The lowest BCUT2D eigenvalue weighted by atomic mass is 9.86. The van der Waals surface area contributed by atoms with Crippen LogP contribution in [0, 0.1) is 12.8 Å². The molecule has 17 heavy (non-hydrogen) atoms. The zero-order valence-corrected chi connectivity index (χ0v) is 11.1. The van der Waals surface area contributed by atoms with Gasteiger partial charge in [0.25, 0.3) is 0 Å². The van der Waals surface area contributed by atoms with Crippen LogP contribution in [0.5, 0.6) is 0 Å². The Morgan fingerprint density at radius 1 is 1.59 bits per heavy atom. The van der Waals surface area contributed by atoms with Crippen molar-refractivity contribution in [2.24, 2.45) is 13.0 Å². The fourth-order valence-corrected chi connectivity index (χ4v) is 2.70. The normalized spacial score (nSPS) is 21.8. The molecule has 3 nitrogen and oxygen atoms in total. The van der Waals surface area contributed by atoms with Gasteiger partial charge in [-0.15, -0.1) is 0 Å². The molecule has 0 saturated carbocycles. The second-order valence-corrected chi connectivity index (χ2v) is 5.15. The van der Waals surface area contributed by atoms with Crippen molar-refractivity contribution in [2.45, 2.75) is 38.7 Å². The van der Waals surface area contributed by atoms with E-state index in [1.807, 2.05) is 14.0 Å². The van der Waals surface area contributed by atoms with Gasteiger partial charge >= 0.3 is 0 Å². The van der Waals surface area contributed by atoms with Crippen LogP contribution in [0.4, 0.5) is 0 Å². The van der Waals surface area contributed by atoms with Crippen molar-refractivity contribution in [1.82, 2.24) is 9.78 Å². The van der Waals surface area contributed by atoms with Gasteiger partial charge in [0.15, 0.2) is 0 Å². The Bertz CT molecular complexity index is 425. The predicted molar refractivity (Wildman–Crippen MR) is 69.1 cm³/mol. The lowest BCUT2D eigenvalue weighted by Crippen LogP contribution is -2.24. The SMILES string of the molecule is Cc1nn(C)c(Cl)c1CC(O)C1CC=CCC1. The molecule has 1 aliphatic carbocycles. The predicted octanol–water partition coefficient (Wildman–Crippen LogP) is 2.64. The summed E-state index contributed by atoms with van der Waals surface area (Å²) < 4.78 is 1.67. The third kappa shape index (κ3) is 2.72. The van der Waals surface area contributed by atoms with Gasteiger partial charge in [-0.2, -0.15) is 5.10 Å². The van der Waals surface area contributed by atoms with Crippen LogP contribution in [-0.2, 0) is 13.5 Å². The number of aliphatic hydroxyl groups excluding tert-OH is 1. The molecule has 0 aromatic carbocycles. The van der Waals surface area contributed by atoms with Crippen LogP contribution in [0.2, 0.25) is 5.15 Å². The van der Waals surface area contributed by atoms with Crippen molar-refractivity contribution in [3.05, 3.63) is 28.6 Å². The van der Waals surface area contributed by atoms with Crippen LogP contribution in [0.3, 0.4) is 0 Å². The minimum absolute atomic E-state index is 0.319. The molecule has 94 valence electrons. The number of aromatic nitrogens is 2. The van der Waals surface area contributed by atoms with Gasteiger partial charge in [-0.3, -0.25) is 4.68 Å². The maximum Gasteiger partial charge on any atom is 0.130 e. The molecular formula is C13H19ClN2O. The van der Waals surface area contributed by atoms with E-state index < -0.39 is 0 Å². The largest absolute Gasteiger partial charge is 0.392 e. The summed E-state index contributed by atoms with van der Waals surface area (Å²) in [7, 11) is 1.83. The van der Waals surface area contributed by atoms with Crippen LogP contribution < -0.4 is 0 Å². The van der Waals surface area contributed by atoms with E-state index in [-0.39, 0.29) is 6.10 Å². The van der Waals surface area contributed by atoms with Crippen molar-refractivity contribution in [3.63, 3.8) is 0 Å². The van der Waals surface area contributed by atoms with E-state index >= 15 is 0 Å². The van der Waals surface area contributed by atoms with Crippen LogP contribution in [0.1, 0.15) is 30.5 Å². The van der Waals surface area contributed by atoms with E-state index in [0.717, 1.165) is 30.5 Å². The first kappa shape index (κ1) is 12.7. The van der Waals surface area contributed by atoms with E-state index in [1.54, 1.807) is 4.68 Å². The summed E-state index contributed by atoms with van der Waals surface area (Å²) in [6, 6.07) is 0. The van der Waals surface area contributed by atoms with Crippen LogP contribution in [0.15, 0.2) is 12.2 Å². The Labute approximate surface area is 107 Å². The van der Waals surface area contributed by atoms with Gasteiger partial charge < -0.3 is 5.11 Å². The molecule has 0 bridgehead atoms. The van der Waals surface area contributed by atoms with Gasteiger partial charge in [-0.1, -0.05) is 23.8 Å². The number of hydrogen-bond donors (Lipinski definition) is 1. The monoisotopic (exact) mass is 254 g/mol. The Morgan fingerprint density at radius 2 is 2.35 bits per heavy atom. The lowest BCUT2D eigenvalue weighted by Gasteiger charge is -2.23. The summed E-state index contributed by atoms with van der Waals surface area (Å²) in [4.78, 5) is 0. The fourth-order valence-electron chi connectivity index (χ4n) is 2.45. The first-order chi connectivity index (χ1) is 8.09. The molecule has 0 amide bonds. The number of nitrogens with zero attached hydrogens (tertiary/aromatic N) is 2. The smallest absolute Gasteiger partial charge is 0.130 e. The Kier molecular flexibility index (Phi) is 3.89. The van der Waals surface area contributed by atoms with Gasteiger partial charge in [-0.05, 0) is 32.1 Å². The topological polar surface area (TPSA) is 38.0 Å². The summed E-state index contributed by atoms with van der Waals surface area (Å²) in [5.74, 6) is 0.357. The van der Waals surface area contributed by atoms with Crippen LogP contribution >= 0.6 is 11.6 Å². The van der Waals surface area contributed by atoms with Crippen molar-refractivity contribution in [2.75, 3.05) is 0 Å². The molecule has 0 aliphatic heterocycles. The molecule has 0 spiro atoms. The summed E-state index contributed by atoms with van der Waals surface area (Å²) in [5.41, 5.74) is 1.90. The zero-order valence-electron chi connectivity index (χ0n) is 10.4. The molecule has 1 N–H and O–H groups in total. The minimum atomic E-state index is -0.319. The van der Waals surface area contributed by atoms with Gasteiger partial charge in [-0.25, -0.2) is 0 Å². The number of halogens is 1. The third-order valence-electron chi connectivity index (χ3n) is 3.54. The average molecular weight is 255 g/mol. The Morgan fingerprint density at radius 3 is 2.88 bits per heavy atom. The molecule has 2 rings (SSSR count). The molecular weight excluding hydrogens is 236 g/mol. The van der Waals surface area contributed by atoms with Gasteiger partial charge in [0.2, 0.25) is 0 Å². The molecule has 2 atom stereocenters. The molecule has 0 fully saturated rings. The summed E-state index contributed by atoms with van der Waals surface area (Å²) in [6.45, 7) is 1.94. The Hall–Kier alpha value is -0.800. The maximum absolute atomic E-state index is 10.3. The molecule has 1 aromatic heterocycles. The maximum atomic E-state index is 10.3. The number of aryl methyl sites for hydroxylation is 2. The van der Waals surface area contributed by atoms with Crippen LogP contribution in [0.25, 0.3) is 0 Å². The highest BCUT2D eigenvalue weighted by Gasteiger charge is 2.23. The van der Waals surface area contributed by atoms with Gasteiger partial charge in [0.05, 0.1) is 11.8 Å².